The lowest BCUT2D eigenvalue weighted by Crippen LogP contribution is -2.28. The average molecular weight is 238 g/mol. The molecule has 0 aromatic carbocycles. The number of rotatable bonds is 6. The molecule has 0 aliphatic rings. The molecule has 0 saturated carbocycles. The third kappa shape index (κ3) is 8.01. The number of nitrogens with one attached hydrogen (secondary N) is 1. The maximum absolute atomic E-state index is 10.7. The van der Waals surface area contributed by atoms with Crippen molar-refractivity contribution in [3.63, 3.8) is 0 Å². The third-order valence-corrected chi connectivity index (χ3v) is 1.65. The van der Waals surface area contributed by atoms with Gasteiger partial charge in [0, 0.05) is 13.2 Å². The minimum absolute atomic E-state index is 0.00291. The molecule has 0 fully saturated rings. The van der Waals surface area contributed by atoms with Crippen LogP contribution in [0.15, 0.2) is 0 Å². The topological polar surface area (TPSA) is 38.3 Å². The molecule has 3 nitrogen and oxygen atoms in total. The first kappa shape index (κ1) is 11.9. The standard InChI is InChI=1S/C8H16BrNO2/c1-7(2)6-12-4-3-10-8(11)5-9/h7H,3-6H2,1-2H3,(H,10,11). The summed E-state index contributed by atoms with van der Waals surface area (Å²) in [7, 11) is 0. The molecule has 0 aromatic heterocycles. The van der Waals surface area contributed by atoms with Crippen LogP contribution in [0.3, 0.4) is 0 Å². The van der Waals surface area contributed by atoms with Gasteiger partial charge in [0.1, 0.15) is 0 Å². The van der Waals surface area contributed by atoms with Crippen LogP contribution in [0.25, 0.3) is 0 Å². The largest absolute Gasteiger partial charge is 0.379 e. The molecule has 1 amide bonds. The van der Waals surface area contributed by atoms with Gasteiger partial charge in [-0.3, -0.25) is 4.79 Å². The van der Waals surface area contributed by atoms with Crippen LogP contribution >= 0.6 is 15.9 Å². The molecule has 4 heteroatoms. The number of halogens is 1. The van der Waals surface area contributed by atoms with Gasteiger partial charge in [-0.15, -0.1) is 0 Å². The van der Waals surface area contributed by atoms with E-state index in [2.05, 4.69) is 35.1 Å². The summed E-state index contributed by atoms with van der Waals surface area (Å²) in [5, 5.41) is 3.05. The maximum atomic E-state index is 10.7. The molecule has 0 rings (SSSR count). The molecule has 1 N–H and O–H groups in total. The molecular formula is C8H16BrNO2. The molecule has 0 bridgehead atoms. The quantitative estimate of drug-likeness (QED) is 0.557. The first-order valence-electron chi connectivity index (χ1n) is 4.07. The van der Waals surface area contributed by atoms with Crippen molar-refractivity contribution < 1.29 is 9.53 Å². The number of alkyl halides is 1. The van der Waals surface area contributed by atoms with Crippen LogP contribution < -0.4 is 5.32 Å². The van der Waals surface area contributed by atoms with E-state index in [4.69, 9.17) is 4.74 Å². The van der Waals surface area contributed by atoms with Crippen LogP contribution in [-0.2, 0) is 9.53 Å². The summed E-state index contributed by atoms with van der Waals surface area (Å²) in [4.78, 5) is 10.7. The van der Waals surface area contributed by atoms with Gasteiger partial charge in [0.25, 0.3) is 0 Å². The smallest absolute Gasteiger partial charge is 0.230 e. The van der Waals surface area contributed by atoms with Gasteiger partial charge in [0.2, 0.25) is 5.91 Å². The van der Waals surface area contributed by atoms with Gasteiger partial charge in [-0.05, 0) is 5.92 Å². The van der Waals surface area contributed by atoms with Crippen LogP contribution in [0.5, 0.6) is 0 Å². The molecule has 0 aliphatic heterocycles. The van der Waals surface area contributed by atoms with Crippen molar-refractivity contribution in [2.45, 2.75) is 13.8 Å². The lowest BCUT2D eigenvalue weighted by molar-refractivity contribution is -0.118. The summed E-state index contributed by atoms with van der Waals surface area (Å²) >= 11 is 3.05. The Balaban J connectivity index is 3.05. The predicted molar refractivity (Wildman–Crippen MR) is 52.5 cm³/mol. The molecule has 0 aliphatic carbocycles. The second-order valence-electron chi connectivity index (χ2n) is 2.95. The summed E-state index contributed by atoms with van der Waals surface area (Å²) in [6, 6.07) is 0. The molecule has 0 spiro atoms. The predicted octanol–water partition coefficient (Wildman–Crippen LogP) is 1.17. The molecule has 0 saturated heterocycles. The minimum Gasteiger partial charge on any atom is -0.379 e. The first-order chi connectivity index (χ1) is 5.66. The Morgan fingerprint density at radius 1 is 1.58 bits per heavy atom. The second kappa shape index (κ2) is 7.55. The van der Waals surface area contributed by atoms with Crippen molar-refractivity contribution in [2.75, 3.05) is 25.1 Å². The van der Waals surface area contributed by atoms with Crippen LogP contribution in [0.1, 0.15) is 13.8 Å². The van der Waals surface area contributed by atoms with Crippen molar-refractivity contribution in [2.24, 2.45) is 5.92 Å². The number of hydrogen-bond acceptors (Lipinski definition) is 2. The van der Waals surface area contributed by atoms with E-state index in [1.807, 2.05) is 0 Å². The van der Waals surface area contributed by atoms with E-state index in [0.717, 1.165) is 6.61 Å². The fourth-order valence-electron chi connectivity index (χ4n) is 0.629. The van der Waals surface area contributed by atoms with Crippen molar-refractivity contribution in [3.8, 4) is 0 Å². The highest BCUT2D eigenvalue weighted by Gasteiger charge is 1.96. The van der Waals surface area contributed by atoms with Crippen molar-refractivity contribution in [3.05, 3.63) is 0 Å². The van der Waals surface area contributed by atoms with Gasteiger partial charge < -0.3 is 10.1 Å². The monoisotopic (exact) mass is 237 g/mol. The fraction of sp³-hybridized carbons (Fsp3) is 0.875. The Morgan fingerprint density at radius 3 is 2.75 bits per heavy atom. The van der Waals surface area contributed by atoms with E-state index in [0.29, 0.717) is 24.4 Å². The second-order valence-corrected chi connectivity index (χ2v) is 3.51. The summed E-state index contributed by atoms with van der Waals surface area (Å²) in [6.07, 6.45) is 0. The zero-order valence-corrected chi connectivity index (χ0v) is 9.19. The lowest BCUT2D eigenvalue weighted by atomic mass is 10.2. The SMILES string of the molecule is CC(C)COCCNC(=O)CBr. The highest BCUT2D eigenvalue weighted by atomic mass is 79.9. The van der Waals surface area contributed by atoms with E-state index in [9.17, 15) is 4.79 Å². The van der Waals surface area contributed by atoms with Crippen molar-refractivity contribution in [1.82, 2.24) is 5.32 Å². The zero-order chi connectivity index (χ0) is 9.40. The molecule has 0 radical (unpaired) electrons. The Kier molecular flexibility index (Phi) is 7.50. The normalized spacial score (nSPS) is 10.3. The van der Waals surface area contributed by atoms with Crippen LogP contribution in [-0.4, -0.2) is 31.0 Å². The summed E-state index contributed by atoms with van der Waals surface area (Å²) < 4.78 is 5.26. The minimum atomic E-state index is 0.00291. The van der Waals surface area contributed by atoms with Gasteiger partial charge >= 0.3 is 0 Å². The van der Waals surface area contributed by atoms with Gasteiger partial charge in [-0.1, -0.05) is 29.8 Å². The van der Waals surface area contributed by atoms with E-state index in [1.165, 1.54) is 0 Å². The third-order valence-electron chi connectivity index (χ3n) is 1.14. The van der Waals surface area contributed by atoms with Gasteiger partial charge in [-0.2, -0.15) is 0 Å². The summed E-state index contributed by atoms with van der Waals surface area (Å²) in [5.74, 6) is 0.556. The Hall–Kier alpha value is -0.0900. The Labute approximate surface area is 82.0 Å². The number of hydrogen-bond donors (Lipinski definition) is 1. The maximum Gasteiger partial charge on any atom is 0.230 e. The van der Waals surface area contributed by atoms with Gasteiger partial charge in [0.15, 0.2) is 0 Å². The molecule has 72 valence electrons. The van der Waals surface area contributed by atoms with E-state index in [1.54, 1.807) is 0 Å². The molecular weight excluding hydrogens is 222 g/mol. The lowest BCUT2D eigenvalue weighted by Gasteiger charge is -2.06. The van der Waals surface area contributed by atoms with E-state index >= 15 is 0 Å². The molecule has 0 heterocycles. The molecule has 0 aromatic rings. The Morgan fingerprint density at radius 2 is 2.25 bits per heavy atom. The number of carbonyl (C=O) groups is 1. The highest BCUT2D eigenvalue weighted by molar-refractivity contribution is 9.09. The number of amides is 1. The summed E-state index contributed by atoms with van der Waals surface area (Å²) in [6.45, 7) is 6.13. The molecule has 0 atom stereocenters. The zero-order valence-electron chi connectivity index (χ0n) is 7.60. The van der Waals surface area contributed by atoms with Crippen LogP contribution in [0, 0.1) is 5.92 Å². The average Bonchev–Trinajstić information content (AvgIpc) is 2.03. The van der Waals surface area contributed by atoms with Crippen LogP contribution in [0.2, 0.25) is 0 Å². The first-order valence-corrected chi connectivity index (χ1v) is 5.19. The highest BCUT2D eigenvalue weighted by Crippen LogP contribution is 1.90. The van der Waals surface area contributed by atoms with Gasteiger partial charge in [0.05, 0.1) is 11.9 Å². The van der Waals surface area contributed by atoms with Gasteiger partial charge in [-0.25, -0.2) is 0 Å². The van der Waals surface area contributed by atoms with Crippen molar-refractivity contribution >= 4 is 21.8 Å². The molecule has 0 unspecified atom stereocenters. The summed E-state index contributed by atoms with van der Waals surface area (Å²) in [5.41, 5.74) is 0. The van der Waals surface area contributed by atoms with Crippen molar-refractivity contribution in [1.29, 1.82) is 0 Å². The van der Waals surface area contributed by atoms with Crippen LogP contribution in [0.4, 0.5) is 0 Å². The Bertz CT molecular complexity index is 128. The van der Waals surface area contributed by atoms with E-state index in [-0.39, 0.29) is 5.91 Å². The number of ether oxygens (including phenoxy) is 1. The molecule has 12 heavy (non-hydrogen) atoms. The van der Waals surface area contributed by atoms with E-state index < -0.39 is 0 Å². The fourth-order valence-corrected chi connectivity index (χ4v) is 0.827. The number of carbonyl (C=O) groups excluding carboxylic acids is 1.